The van der Waals surface area contributed by atoms with Crippen molar-refractivity contribution in [2.45, 2.75) is 13.8 Å². The van der Waals surface area contributed by atoms with Gasteiger partial charge in [-0.05, 0) is 26.0 Å². The molecular weight excluding hydrogens is 208 g/mol. The molecule has 0 heterocycles. The van der Waals surface area contributed by atoms with Gasteiger partial charge in [-0.2, -0.15) is 0 Å². The lowest BCUT2D eigenvalue weighted by atomic mass is 10.1. The summed E-state index contributed by atoms with van der Waals surface area (Å²) in [6.07, 6.45) is -0.678. The van der Waals surface area contributed by atoms with Crippen molar-refractivity contribution >= 4 is 12.0 Å². The highest BCUT2D eigenvalue weighted by atomic mass is 16.5. The molecule has 86 valence electrons. The molecule has 0 fully saturated rings. The lowest BCUT2D eigenvalue weighted by Gasteiger charge is -2.06. The van der Waals surface area contributed by atoms with E-state index >= 15 is 0 Å². The average molecular weight is 222 g/mol. The van der Waals surface area contributed by atoms with Crippen molar-refractivity contribution in [3.05, 3.63) is 35.4 Å². The molecule has 0 spiro atoms. The van der Waals surface area contributed by atoms with Crippen molar-refractivity contribution in [1.82, 2.24) is 10.9 Å². The van der Waals surface area contributed by atoms with E-state index in [-0.39, 0.29) is 12.5 Å². The number of amides is 2. The van der Waals surface area contributed by atoms with Crippen LogP contribution in [0.4, 0.5) is 4.79 Å². The van der Waals surface area contributed by atoms with Gasteiger partial charge in [0, 0.05) is 5.56 Å². The summed E-state index contributed by atoms with van der Waals surface area (Å²) >= 11 is 0. The number of carbonyl (C=O) groups excluding carboxylic acids is 2. The van der Waals surface area contributed by atoms with E-state index in [1.54, 1.807) is 19.1 Å². The Hall–Kier alpha value is -2.04. The molecule has 0 radical (unpaired) electrons. The van der Waals surface area contributed by atoms with Crippen molar-refractivity contribution in [3.8, 4) is 0 Å². The van der Waals surface area contributed by atoms with Crippen LogP contribution in [0.2, 0.25) is 0 Å². The van der Waals surface area contributed by atoms with Crippen molar-refractivity contribution in [1.29, 1.82) is 0 Å². The van der Waals surface area contributed by atoms with Gasteiger partial charge < -0.3 is 4.74 Å². The van der Waals surface area contributed by atoms with Crippen molar-refractivity contribution in [2.24, 2.45) is 0 Å². The average Bonchev–Trinajstić information content (AvgIpc) is 2.27. The molecular formula is C11H14N2O3. The quantitative estimate of drug-likeness (QED) is 0.743. The predicted molar refractivity (Wildman–Crippen MR) is 58.8 cm³/mol. The van der Waals surface area contributed by atoms with Crippen LogP contribution in [0.5, 0.6) is 0 Å². The lowest BCUT2D eigenvalue weighted by molar-refractivity contribution is 0.0912. The molecule has 5 heteroatoms. The Bertz CT molecular complexity index is 373. The van der Waals surface area contributed by atoms with Crippen molar-refractivity contribution in [3.63, 3.8) is 0 Å². The first-order chi connectivity index (χ1) is 7.63. The van der Waals surface area contributed by atoms with Gasteiger partial charge in [-0.25, -0.2) is 10.2 Å². The summed E-state index contributed by atoms with van der Waals surface area (Å²) in [5.41, 5.74) is 5.91. The normalized spacial score (nSPS) is 9.38. The number of hydrogen-bond donors (Lipinski definition) is 2. The van der Waals surface area contributed by atoms with Crippen LogP contribution in [0, 0.1) is 6.92 Å². The van der Waals surface area contributed by atoms with E-state index < -0.39 is 6.09 Å². The molecule has 0 aromatic heterocycles. The molecule has 0 aliphatic rings. The van der Waals surface area contributed by atoms with Crippen LogP contribution in [-0.4, -0.2) is 18.6 Å². The van der Waals surface area contributed by atoms with Crippen LogP contribution < -0.4 is 10.9 Å². The second-order valence-corrected chi connectivity index (χ2v) is 3.17. The number of nitrogens with one attached hydrogen (secondary N) is 2. The lowest BCUT2D eigenvalue weighted by Crippen LogP contribution is -2.41. The smallest absolute Gasteiger partial charge is 0.426 e. The highest BCUT2D eigenvalue weighted by Gasteiger charge is 2.06. The number of hydrazine groups is 1. The summed E-state index contributed by atoms with van der Waals surface area (Å²) in [5, 5.41) is 0. The van der Waals surface area contributed by atoms with Crippen molar-refractivity contribution < 1.29 is 14.3 Å². The zero-order valence-electron chi connectivity index (χ0n) is 9.24. The van der Waals surface area contributed by atoms with Crippen LogP contribution in [0.1, 0.15) is 22.8 Å². The van der Waals surface area contributed by atoms with Crippen LogP contribution in [0.15, 0.2) is 24.3 Å². The van der Waals surface area contributed by atoms with E-state index in [0.29, 0.717) is 5.56 Å². The predicted octanol–water partition coefficient (Wildman–Crippen LogP) is 1.39. The summed E-state index contributed by atoms with van der Waals surface area (Å²) in [5.74, 6) is -0.381. The molecule has 0 saturated heterocycles. The maximum absolute atomic E-state index is 11.5. The maximum Gasteiger partial charge on any atom is 0.426 e. The van der Waals surface area contributed by atoms with Gasteiger partial charge in [-0.15, -0.1) is 0 Å². The first-order valence-corrected chi connectivity index (χ1v) is 4.93. The number of benzene rings is 1. The maximum atomic E-state index is 11.5. The van der Waals surface area contributed by atoms with E-state index in [0.717, 1.165) is 5.56 Å². The van der Waals surface area contributed by atoms with Crippen LogP contribution in [0.25, 0.3) is 0 Å². The van der Waals surface area contributed by atoms with Gasteiger partial charge in [0.25, 0.3) is 5.91 Å². The first-order valence-electron chi connectivity index (χ1n) is 4.93. The van der Waals surface area contributed by atoms with Crippen LogP contribution in [-0.2, 0) is 4.74 Å². The summed E-state index contributed by atoms with van der Waals surface area (Å²) in [7, 11) is 0. The molecule has 1 aromatic rings. The van der Waals surface area contributed by atoms with Gasteiger partial charge in [0.05, 0.1) is 6.61 Å². The van der Waals surface area contributed by atoms with Crippen LogP contribution in [0.3, 0.4) is 0 Å². The Labute approximate surface area is 93.8 Å². The van der Waals surface area contributed by atoms with E-state index in [9.17, 15) is 9.59 Å². The Morgan fingerprint density at radius 1 is 1.19 bits per heavy atom. The highest BCUT2D eigenvalue weighted by molar-refractivity contribution is 5.94. The molecule has 0 aliphatic heterocycles. The molecule has 1 aromatic carbocycles. The largest absolute Gasteiger partial charge is 0.449 e. The summed E-state index contributed by atoms with van der Waals surface area (Å²) in [6.45, 7) is 3.87. The van der Waals surface area contributed by atoms with E-state index in [2.05, 4.69) is 15.6 Å². The standard InChI is InChI=1S/C11H14N2O3/c1-3-16-11(15)13-12-10(14)9-6-4-8(2)5-7-9/h4-7H,3H2,1-2H3,(H,12,14)(H,13,15). The van der Waals surface area contributed by atoms with Gasteiger partial charge in [-0.1, -0.05) is 17.7 Å². The Morgan fingerprint density at radius 2 is 1.81 bits per heavy atom. The van der Waals surface area contributed by atoms with Gasteiger partial charge in [0.2, 0.25) is 0 Å². The fourth-order valence-electron chi connectivity index (χ4n) is 1.05. The summed E-state index contributed by atoms with van der Waals surface area (Å²) in [6, 6.07) is 6.99. The Balaban J connectivity index is 2.47. The third kappa shape index (κ3) is 3.61. The van der Waals surface area contributed by atoms with Crippen LogP contribution >= 0.6 is 0 Å². The fourth-order valence-corrected chi connectivity index (χ4v) is 1.05. The minimum Gasteiger partial charge on any atom is -0.449 e. The molecule has 5 nitrogen and oxygen atoms in total. The minimum absolute atomic E-state index is 0.256. The van der Waals surface area contributed by atoms with E-state index in [1.807, 2.05) is 19.1 Å². The Kier molecular flexibility index (Phi) is 4.32. The number of hydrogen-bond acceptors (Lipinski definition) is 3. The number of aryl methyl sites for hydroxylation is 1. The van der Waals surface area contributed by atoms with E-state index in [1.165, 1.54) is 0 Å². The molecule has 0 saturated carbocycles. The second-order valence-electron chi connectivity index (χ2n) is 3.17. The monoisotopic (exact) mass is 222 g/mol. The molecule has 2 amide bonds. The third-order valence-corrected chi connectivity index (χ3v) is 1.87. The molecule has 0 aliphatic carbocycles. The molecule has 2 N–H and O–H groups in total. The molecule has 16 heavy (non-hydrogen) atoms. The van der Waals surface area contributed by atoms with E-state index in [4.69, 9.17) is 0 Å². The number of ether oxygens (including phenoxy) is 1. The molecule has 0 bridgehead atoms. The van der Waals surface area contributed by atoms with Gasteiger partial charge in [-0.3, -0.25) is 10.2 Å². The van der Waals surface area contributed by atoms with Gasteiger partial charge in [0.1, 0.15) is 0 Å². The van der Waals surface area contributed by atoms with Gasteiger partial charge >= 0.3 is 6.09 Å². The zero-order chi connectivity index (χ0) is 12.0. The SMILES string of the molecule is CCOC(=O)NNC(=O)c1ccc(C)cc1. The third-order valence-electron chi connectivity index (χ3n) is 1.87. The highest BCUT2D eigenvalue weighted by Crippen LogP contribution is 2.02. The topological polar surface area (TPSA) is 67.4 Å². The number of rotatable bonds is 2. The van der Waals surface area contributed by atoms with Gasteiger partial charge in [0.15, 0.2) is 0 Å². The zero-order valence-corrected chi connectivity index (χ0v) is 9.24. The van der Waals surface area contributed by atoms with Crippen molar-refractivity contribution in [2.75, 3.05) is 6.61 Å². The summed E-state index contributed by atoms with van der Waals surface area (Å²) < 4.78 is 4.58. The second kappa shape index (κ2) is 5.75. The number of carbonyl (C=O) groups is 2. The summed E-state index contributed by atoms with van der Waals surface area (Å²) in [4.78, 5) is 22.4. The first kappa shape index (κ1) is 12.0. The molecule has 1 rings (SSSR count). The fraction of sp³-hybridized carbons (Fsp3) is 0.273. The Morgan fingerprint density at radius 3 is 2.38 bits per heavy atom. The minimum atomic E-state index is -0.678. The molecule has 0 atom stereocenters. The molecule has 0 unspecified atom stereocenters.